The van der Waals surface area contributed by atoms with Crippen molar-refractivity contribution < 1.29 is 14.2 Å². The van der Waals surface area contributed by atoms with E-state index >= 15 is 0 Å². The van der Waals surface area contributed by atoms with Gasteiger partial charge in [-0.05, 0) is 183 Å². The fraction of sp³-hybridized carbons (Fsp3) is 1.00. The molecule has 10 N–H and O–H groups in total. The molecule has 4 fully saturated rings. The van der Waals surface area contributed by atoms with Crippen molar-refractivity contribution in [2.24, 2.45) is 75.0 Å². The second-order valence-electron chi connectivity index (χ2n) is 16.7. The Morgan fingerprint density at radius 2 is 1.27 bits per heavy atom. The van der Waals surface area contributed by atoms with Gasteiger partial charge in [0.25, 0.3) is 0 Å². The van der Waals surface area contributed by atoms with Crippen molar-refractivity contribution in [1.82, 2.24) is 4.90 Å². The van der Waals surface area contributed by atoms with Crippen LogP contribution in [0.25, 0.3) is 0 Å². The van der Waals surface area contributed by atoms with Gasteiger partial charge in [0, 0.05) is 25.2 Å². The van der Waals surface area contributed by atoms with Crippen LogP contribution in [0.1, 0.15) is 111 Å². The van der Waals surface area contributed by atoms with E-state index in [1.807, 2.05) is 0 Å². The number of fused-ring (bicyclic) bond motifs is 5. The Morgan fingerprint density at radius 3 is 1.92 bits per heavy atom. The summed E-state index contributed by atoms with van der Waals surface area (Å²) < 4.78 is 20.4. The van der Waals surface area contributed by atoms with Crippen LogP contribution in [0.4, 0.5) is 0 Å². The average molecular weight is 679 g/mol. The van der Waals surface area contributed by atoms with Crippen molar-refractivity contribution >= 4 is 0 Å². The topological polar surface area (TPSA) is 161 Å². The smallest absolute Gasteiger partial charge is 0.0637 e. The van der Waals surface area contributed by atoms with E-state index < -0.39 is 0 Å². The van der Waals surface area contributed by atoms with E-state index in [2.05, 4.69) is 25.7 Å². The third kappa shape index (κ3) is 9.54. The lowest BCUT2D eigenvalue weighted by Gasteiger charge is -2.65. The van der Waals surface area contributed by atoms with Crippen molar-refractivity contribution in [3.63, 3.8) is 0 Å². The van der Waals surface area contributed by atoms with Crippen LogP contribution in [0.15, 0.2) is 0 Å². The van der Waals surface area contributed by atoms with E-state index in [0.717, 1.165) is 110 Å². The number of hydrogen-bond acceptors (Lipinski definition) is 9. The first-order valence-corrected chi connectivity index (χ1v) is 20.4. The molecule has 282 valence electrons. The van der Waals surface area contributed by atoms with Crippen molar-refractivity contribution in [2.75, 3.05) is 72.2 Å². The quantitative estimate of drug-likeness (QED) is 0.0982. The SMILES string of the molecule is C[C@H](CCCN(CCCN)CCCN)C1CC[C@H]2C3[C@H](OCCCN)CC4C[C@H](OCCCN)CCC4(C)[C@H]3C[C@H](OCCCN)C12C. The van der Waals surface area contributed by atoms with Gasteiger partial charge in [-0.15, -0.1) is 0 Å². The third-order valence-electron chi connectivity index (χ3n) is 14.0. The molecule has 48 heavy (non-hydrogen) atoms. The number of ether oxygens (including phenoxy) is 3. The minimum atomic E-state index is 0.148. The second-order valence-corrected chi connectivity index (χ2v) is 16.7. The molecule has 4 aliphatic rings. The number of nitrogens with two attached hydrogens (primary N) is 5. The maximum absolute atomic E-state index is 7.04. The summed E-state index contributed by atoms with van der Waals surface area (Å²) in [6, 6.07) is 0. The Hall–Kier alpha value is -0.360. The van der Waals surface area contributed by atoms with E-state index in [1.165, 1.54) is 32.1 Å². The molecule has 9 heteroatoms. The monoisotopic (exact) mass is 679 g/mol. The number of nitrogens with zero attached hydrogens (tertiary/aromatic N) is 1. The minimum Gasteiger partial charge on any atom is -0.378 e. The molecule has 0 saturated heterocycles. The summed E-state index contributed by atoms with van der Waals surface area (Å²) in [4.78, 5) is 2.59. The van der Waals surface area contributed by atoms with Gasteiger partial charge in [0.05, 0.1) is 18.3 Å². The summed E-state index contributed by atoms with van der Waals surface area (Å²) >= 11 is 0. The highest BCUT2D eigenvalue weighted by molar-refractivity contribution is 5.15. The highest BCUT2D eigenvalue weighted by atomic mass is 16.5. The van der Waals surface area contributed by atoms with Gasteiger partial charge >= 0.3 is 0 Å². The first kappa shape index (κ1) is 40.4. The summed E-state index contributed by atoms with van der Waals surface area (Å²) in [5, 5.41) is 0. The third-order valence-corrected chi connectivity index (χ3v) is 14.0. The normalized spacial score (nSPS) is 36.9. The molecule has 0 bridgehead atoms. The maximum Gasteiger partial charge on any atom is 0.0637 e. The van der Waals surface area contributed by atoms with Crippen LogP contribution in [-0.4, -0.2) is 95.4 Å². The highest BCUT2D eigenvalue weighted by Gasteiger charge is 2.66. The molecular formula is C39H78N6O3. The van der Waals surface area contributed by atoms with Gasteiger partial charge in [-0.25, -0.2) is 0 Å². The zero-order valence-corrected chi connectivity index (χ0v) is 31.4. The molecule has 0 radical (unpaired) electrons. The summed E-state index contributed by atoms with van der Waals surface area (Å²) in [5.41, 5.74) is 29.9. The van der Waals surface area contributed by atoms with Crippen molar-refractivity contribution in [3.8, 4) is 0 Å². The fourth-order valence-electron chi connectivity index (χ4n) is 11.4. The Balaban J connectivity index is 1.55. The van der Waals surface area contributed by atoms with Gasteiger partial charge in [-0.3, -0.25) is 0 Å². The van der Waals surface area contributed by atoms with Crippen LogP contribution < -0.4 is 28.7 Å². The largest absolute Gasteiger partial charge is 0.378 e. The summed E-state index contributed by atoms with van der Waals surface area (Å²) in [6.45, 7) is 17.0. The van der Waals surface area contributed by atoms with Crippen LogP contribution in [0.2, 0.25) is 0 Å². The maximum atomic E-state index is 7.04. The molecule has 11 atom stereocenters. The summed E-state index contributed by atoms with van der Waals surface area (Å²) in [6.07, 6.45) is 16.8. The zero-order valence-electron chi connectivity index (χ0n) is 31.4. The second kappa shape index (κ2) is 20.0. The first-order chi connectivity index (χ1) is 23.3. The van der Waals surface area contributed by atoms with E-state index in [4.69, 9.17) is 42.9 Å². The molecule has 4 aliphatic carbocycles. The summed E-state index contributed by atoms with van der Waals surface area (Å²) in [5.74, 6) is 3.75. The standard InChI is InChI=1S/C39H78N6O3/c1-29(10-4-20-45(21-5-15-40)22-6-16-41)32-11-12-33-37-34(28-36(39(32,33)3)48-25-9-19-44)38(2)14-13-31(46-23-7-17-42)26-30(38)27-35(37)47-24-8-18-43/h29-37H,4-28,40-44H2,1-3H3/t29-,30?,31-,32?,33+,34+,35-,36+,37?,38?,39?/m1/s1. The first-order valence-electron chi connectivity index (χ1n) is 20.4. The summed E-state index contributed by atoms with van der Waals surface area (Å²) in [7, 11) is 0. The van der Waals surface area contributed by atoms with Crippen molar-refractivity contribution in [2.45, 2.75) is 129 Å². The van der Waals surface area contributed by atoms with Crippen LogP contribution in [0, 0.1) is 46.3 Å². The van der Waals surface area contributed by atoms with E-state index in [9.17, 15) is 0 Å². The van der Waals surface area contributed by atoms with Crippen molar-refractivity contribution in [1.29, 1.82) is 0 Å². The lowest BCUT2D eigenvalue weighted by molar-refractivity contribution is -0.227. The van der Waals surface area contributed by atoms with Gasteiger partial charge in [-0.1, -0.05) is 20.8 Å². The average Bonchev–Trinajstić information content (AvgIpc) is 3.44. The van der Waals surface area contributed by atoms with Crippen LogP contribution in [0.5, 0.6) is 0 Å². The molecule has 9 nitrogen and oxygen atoms in total. The molecule has 0 aromatic carbocycles. The van der Waals surface area contributed by atoms with Gasteiger partial charge in [-0.2, -0.15) is 0 Å². The molecule has 0 spiro atoms. The Kier molecular flexibility index (Phi) is 16.9. The Labute approximate surface area is 294 Å². The lowest BCUT2D eigenvalue weighted by atomic mass is 9.43. The van der Waals surface area contributed by atoms with Gasteiger partial charge in [0.15, 0.2) is 0 Å². The Bertz CT molecular complexity index is 892. The predicted molar refractivity (Wildman–Crippen MR) is 198 cm³/mol. The highest BCUT2D eigenvalue weighted by Crippen LogP contribution is 2.69. The predicted octanol–water partition coefficient (Wildman–Crippen LogP) is 4.48. The number of rotatable bonds is 23. The zero-order chi connectivity index (χ0) is 34.6. The van der Waals surface area contributed by atoms with Crippen LogP contribution in [-0.2, 0) is 14.2 Å². The molecule has 4 saturated carbocycles. The molecule has 0 aromatic heterocycles. The molecule has 5 unspecified atom stereocenters. The van der Waals surface area contributed by atoms with Gasteiger partial charge in [0.1, 0.15) is 0 Å². The van der Waals surface area contributed by atoms with Gasteiger partial charge in [0.2, 0.25) is 0 Å². The van der Waals surface area contributed by atoms with E-state index in [-0.39, 0.29) is 11.5 Å². The minimum absolute atomic E-state index is 0.148. The van der Waals surface area contributed by atoms with Crippen LogP contribution >= 0.6 is 0 Å². The molecule has 0 aliphatic heterocycles. The van der Waals surface area contributed by atoms with E-state index in [0.29, 0.717) is 72.8 Å². The van der Waals surface area contributed by atoms with Crippen LogP contribution in [0.3, 0.4) is 0 Å². The molecule has 4 rings (SSSR count). The van der Waals surface area contributed by atoms with E-state index in [1.54, 1.807) is 0 Å². The Morgan fingerprint density at radius 1 is 0.667 bits per heavy atom. The molecule has 0 amide bonds. The molecule has 0 heterocycles. The lowest BCUT2D eigenvalue weighted by Crippen LogP contribution is -2.63. The van der Waals surface area contributed by atoms with Gasteiger partial charge < -0.3 is 47.8 Å². The molecular weight excluding hydrogens is 600 g/mol. The number of hydrogen-bond donors (Lipinski definition) is 5. The molecule has 0 aromatic rings. The fourth-order valence-corrected chi connectivity index (χ4v) is 11.4. The van der Waals surface area contributed by atoms with Crippen molar-refractivity contribution in [3.05, 3.63) is 0 Å².